The Labute approximate surface area is 121 Å². The van der Waals surface area contributed by atoms with Gasteiger partial charge in [-0.3, -0.25) is 0 Å². The molecule has 1 aromatic rings. The molecule has 2 rings (SSSR count). The van der Waals surface area contributed by atoms with Gasteiger partial charge in [0.25, 0.3) is 9.84 Å². The van der Waals surface area contributed by atoms with Crippen LogP contribution in [0.2, 0.25) is 0 Å². The molecule has 1 atom stereocenters. The van der Waals surface area contributed by atoms with E-state index in [0.29, 0.717) is 12.6 Å². The van der Waals surface area contributed by atoms with E-state index >= 15 is 0 Å². The number of anilines is 1. The van der Waals surface area contributed by atoms with Crippen LogP contribution in [0.3, 0.4) is 0 Å². The Kier molecular flexibility index (Phi) is 4.77. The molecular formula is C13H17F3N2O2S. The van der Waals surface area contributed by atoms with E-state index in [9.17, 15) is 21.6 Å². The van der Waals surface area contributed by atoms with Crippen molar-refractivity contribution in [3.8, 4) is 0 Å². The average molecular weight is 322 g/mol. The fourth-order valence-corrected chi connectivity index (χ4v) is 3.29. The van der Waals surface area contributed by atoms with E-state index in [0.717, 1.165) is 31.9 Å². The molecule has 0 radical (unpaired) electrons. The van der Waals surface area contributed by atoms with Gasteiger partial charge < -0.3 is 10.6 Å². The number of sulfone groups is 1. The highest BCUT2D eigenvalue weighted by atomic mass is 32.2. The van der Waals surface area contributed by atoms with Crippen molar-refractivity contribution in [1.29, 1.82) is 0 Å². The summed E-state index contributed by atoms with van der Waals surface area (Å²) in [7, 11) is -5.33. The molecule has 1 aliphatic heterocycles. The molecule has 0 saturated carbocycles. The van der Waals surface area contributed by atoms with E-state index in [-0.39, 0.29) is 5.69 Å². The molecule has 118 valence electrons. The quantitative estimate of drug-likeness (QED) is 0.875. The Morgan fingerprint density at radius 1 is 1.29 bits per heavy atom. The predicted octanol–water partition coefficient (Wildman–Crippen LogP) is 2.53. The van der Waals surface area contributed by atoms with Crippen LogP contribution in [0.25, 0.3) is 0 Å². The first-order valence-corrected chi connectivity index (χ1v) is 8.18. The first kappa shape index (κ1) is 16.1. The van der Waals surface area contributed by atoms with Gasteiger partial charge in [0.2, 0.25) is 0 Å². The summed E-state index contributed by atoms with van der Waals surface area (Å²) in [6.45, 7) is 1.37. The SMILES string of the molecule is O=S(=O)(c1ccccc1NCC[C@@H]1CCCN1)C(F)(F)F. The number of hydrogen-bond acceptors (Lipinski definition) is 4. The van der Waals surface area contributed by atoms with Crippen molar-refractivity contribution in [1.82, 2.24) is 5.32 Å². The first-order valence-electron chi connectivity index (χ1n) is 6.70. The first-order chi connectivity index (χ1) is 9.82. The molecule has 2 N–H and O–H groups in total. The van der Waals surface area contributed by atoms with Gasteiger partial charge in [0.1, 0.15) is 0 Å². The molecule has 0 unspecified atom stereocenters. The van der Waals surface area contributed by atoms with Crippen LogP contribution < -0.4 is 10.6 Å². The van der Waals surface area contributed by atoms with E-state index in [2.05, 4.69) is 10.6 Å². The molecule has 0 aliphatic carbocycles. The second kappa shape index (κ2) is 6.23. The average Bonchev–Trinajstić information content (AvgIpc) is 2.91. The Balaban J connectivity index is 2.10. The Hall–Kier alpha value is -1.28. The van der Waals surface area contributed by atoms with Gasteiger partial charge in [-0.05, 0) is 37.9 Å². The van der Waals surface area contributed by atoms with Gasteiger partial charge in [-0.15, -0.1) is 0 Å². The van der Waals surface area contributed by atoms with Crippen LogP contribution in [0.15, 0.2) is 29.2 Å². The van der Waals surface area contributed by atoms with E-state index in [1.54, 1.807) is 0 Å². The fraction of sp³-hybridized carbons (Fsp3) is 0.538. The van der Waals surface area contributed by atoms with Gasteiger partial charge >= 0.3 is 5.51 Å². The van der Waals surface area contributed by atoms with E-state index < -0.39 is 20.2 Å². The van der Waals surface area contributed by atoms with E-state index in [1.807, 2.05) is 0 Å². The monoisotopic (exact) mass is 322 g/mol. The van der Waals surface area contributed by atoms with Crippen molar-refractivity contribution >= 4 is 15.5 Å². The number of para-hydroxylation sites is 1. The highest BCUT2D eigenvalue weighted by Crippen LogP contribution is 2.34. The maximum Gasteiger partial charge on any atom is 0.501 e. The maximum absolute atomic E-state index is 12.6. The standard InChI is InChI=1S/C13H17F3N2O2S/c14-13(15,16)21(19,20)12-6-2-1-5-11(12)18-9-7-10-4-3-8-17-10/h1-2,5-6,10,17-18H,3-4,7-9H2/t10-/m0/s1. The second-order valence-corrected chi connectivity index (χ2v) is 6.86. The molecule has 1 saturated heterocycles. The van der Waals surface area contributed by atoms with Crippen molar-refractivity contribution in [3.63, 3.8) is 0 Å². The molecule has 21 heavy (non-hydrogen) atoms. The molecule has 0 spiro atoms. The predicted molar refractivity (Wildman–Crippen MR) is 73.8 cm³/mol. The number of halogens is 3. The van der Waals surface area contributed by atoms with Crippen LogP contribution in [0, 0.1) is 0 Å². The van der Waals surface area contributed by atoms with Crippen LogP contribution in [-0.2, 0) is 9.84 Å². The number of rotatable bonds is 5. The molecular weight excluding hydrogens is 305 g/mol. The van der Waals surface area contributed by atoms with Gasteiger partial charge in [0.15, 0.2) is 0 Å². The third-order valence-electron chi connectivity index (χ3n) is 3.45. The van der Waals surface area contributed by atoms with Crippen molar-refractivity contribution in [3.05, 3.63) is 24.3 Å². The van der Waals surface area contributed by atoms with Crippen molar-refractivity contribution in [2.24, 2.45) is 0 Å². The lowest BCUT2D eigenvalue weighted by Gasteiger charge is -2.15. The minimum absolute atomic E-state index is 0.00665. The zero-order chi connectivity index (χ0) is 15.5. The van der Waals surface area contributed by atoms with Crippen LogP contribution >= 0.6 is 0 Å². The highest BCUT2D eigenvalue weighted by molar-refractivity contribution is 7.92. The molecule has 1 fully saturated rings. The number of hydrogen-bond donors (Lipinski definition) is 2. The molecule has 8 heteroatoms. The van der Waals surface area contributed by atoms with E-state index in [4.69, 9.17) is 0 Å². The lowest BCUT2D eigenvalue weighted by atomic mass is 10.1. The van der Waals surface area contributed by atoms with Gasteiger partial charge in [0, 0.05) is 12.6 Å². The summed E-state index contributed by atoms with van der Waals surface area (Å²) in [4.78, 5) is -0.725. The summed E-state index contributed by atoms with van der Waals surface area (Å²) in [6, 6.07) is 5.44. The van der Waals surface area contributed by atoms with Gasteiger partial charge in [-0.2, -0.15) is 13.2 Å². The zero-order valence-electron chi connectivity index (χ0n) is 11.3. The summed E-state index contributed by atoms with van der Waals surface area (Å²) < 4.78 is 61.0. The second-order valence-electron chi connectivity index (χ2n) is 4.95. The molecule has 0 aromatic heterocycles. The minimum Gasteiger partial charge on any atom is -0.384 e. The number of benzene rings is 1. The number of nitrogens with one attached hydrogen (secondary N) is 2. The molecule has 0 bridgehead atoms. The molecule has 4 nitrogen and oxygen atoms in total. The molecule has 1 heterocycles. The van der Waals surface area contributed by atoms with Crippen LogP contribution in [0.4, 0.5) is 18.9 Å². The van der Waals surface area contributed by atoms with E-state index in [1.165, 1.54) is 18.2 Å². The summed E-state index contributed by atoms with van der Waals surface area (Å²) in [5.41, 5.74) is -5.30. The third kappa shape index (κ3) is 3.68. The lowest BCUT2D eigenvalue weighted by Crippen LogP contribution is -2.26. The van der Waals surface area contributed by atoms with Gasteiger partial charge in [0.05, 0.1) is 10.6 Å². The maximum atomic E-state index is 12.6. The largest absolute Gasteiger partial charge is 0.501 e. The van der Waals surface area contributed by atoms with Crippen LogP contribution in [-0.4, -0.2) is 33.1 Å². The lowest BCUT2D eigenvalue weighted by molar-refractivity contribution is -0.0435. The summed E-state index contributed by atoms with van der Waals surface area (Å²) in [5, 5.41) is 6.07. The third-order valence-corrected chi connectivity index (χ3v) is 5.00. The highest BCUT2D eigenvalue weighted by Gasteiger charge is 2.47. The van der Waals surface area contributed by atoms with Crippen molar-refractivity contribution < 1.29 is 21.6 Å². The van der Waals surface area contributed by atoms with Crippen molar-refractivity contribution in [2.45, 2.75) is 35.7 Å². The summed E-state index contributed by atoms with van der Waals surface area (Å²) >= 11 is 0. The van der Waals surface area contributed by atoms with Gasteiger partial charge in [-0.25, -0.2) is 8.42 Å². The van der Waals surface area contributed by atoms with Gasteiger partial charge in [-0.1, -0.05) is 12.1 Å². The van der Waals surface area contributed by atoms with Crippen LogP contribution in [0.5, 0.6) is 0 Å². The Morgan fingerprint density at radius 3 is 2.62 bits per heavy atom. The zero-order valence-corrected chi connectivity index (χ0v) is 12.1. The fourth-order valence-electron chi connectivity index (χ4n) is 2.36. The summed E-state index contributed by atoms with van der Waals surface area (Å²) in [5.74, 6) is 0. The number of alkyl halides is 3. The molecule has 0 amide bonds. The summed E-state index contributed by atoms with van der Waals surface area (Å²) in [6.07, 6.45) is 2.86. The minimum atomic E-state index is -5.33. The molecule has 1 aliphatic rings. The smallest absolute Gasteiger partial charge is 0.384 e. The van der Waals surface area contributed by atoms with Crippen LogP contribution in [0.1, 0.15) is 19.3 Å². The Morgan fingerprint density at radius 2 is 2.00 bits per heavy atom. The van der Waals surface area contributed by atoms with Crippen molar-refractivity contribution in [2.75, 3.05) is 18.4 Å². The molecule has 1 aromatic carbocycles. The Bertz CT molecular complexity index is 581. The normalized spacial score (nSPS) is 19.7. The topological polar surface area (TPSA) is 58.2 Å².